The highest BCUT2D eigenvalue weighted by atomic mass is 35.5. The Morgan fingerprint density at radius 1 is 1.53 bits per heavy atom. The molecule has 1 atom stereocenters. The molecule has 1 aliphatic heterocycles. The van der Waals surface area contributed by atoms with Crippen LogP contribution >= 0.6 is 22.9 Å². The van der Waals surface area contributed by atoms with Gasteiger partial charge in [-0.3, -0.25) is 4.90 Å². The fraction of sp³-hybridized carbons (Fsp3) is 0.636. The van der Waals surface area contributed by atoms with Crippen molar-refractivity contribution in [2.75, 3.05) is 13.1 Å². The number of likely N-dealkylation sites (tertiary alicyclic amines) is 1. The Balaban J connectivity index is 1.83. The van der Waals surface area contributed by atoms with Gasteiger partial charge in [-0.1, -0.05) is 11.6 Å². The molecule has 2 nitrogen and oxygen atoms in total. The van der Waals surface area contributed by atoms with E-state index in [0.717, 1.165) is 35.5 Å². The van der Waals surface area contributed by atoms with E-state index in [4.69, 9.17) is 11.6 Å². The topological polar surface area (TPSA) is 23.5 Å². The van der Waals surface area contributed by atoms with E-state index in [1.165, 1.54) is 12.8 Å². The SMILES string of the molecule is OC1(c2sccc2Cl)CCN(C2CC2)C1. The van der Waals surface area contributed by atoms with Crippen molar-refractivity contribution in [1.29, 1.82) is 0 Å². The lowest BCUT2D eigenvalue weighted by atomic mass is 10.0. The van der Waals surface area contributed by atoms with E-state index in [2.05, 4.69) is 4.90 Å². The maximum absolute atomic E-state index is 10.6. The van der Waals surface area contributed by atoms with Crippen molar-refractivity contribution >= 4 is 22.9 Å². The van der Waals surface area contributed by atoms with Gasteiger partial charge in [-0.05, 0) is 30.7 Å². The summed E-state index contributed by atoms with van der Waals surface area (Å²) in [6.07, 6.45) is 3.42. The predicted molar refractivity (Wildman–Crippen MR) is 62.4 cm³/mol. The van der Waals surface area contributed by atoms with E-state index in [1.807, 2.05) is 11.4 Å². The van der Waals surface area contributed by atoms with Gasteiger partial charge in [0, 0.05) is 19.1 Å². The minimum atomic E-state index is -0.687. The standard InChI is InChI=1S/C11H14ClNOS/c12-9-3-6-15-10(9)11(14)4-5-13(7-11)8-1-2-8/h3,6,8,14H,1-2,4-5,7H2. The summed E-state index contributed by atoms with van der Waals surface area (Å²) in [4.78, 5) is 3.35. The van der Waals surface area contributed by atoms with Gasteiger partial charge < -0.3 is 5.11 Å². The van der Waals surface area contributed by atoms with Crippen LogP contribution in [0, 0.1) is 0 Å². The predicted octanol–water partition coefficient (Wildman–Crippen LogP) is 2.46. The highest BCUT2D eigenvalue weighted by Gasteiger charge is 2.44. The number of nitrogens with zero attached hydrogens (tertiary/aromatic N) is 1. The smallest absolute Gasteiger partial charge is 0.114 e. The Hall–Kier alpha value is -0.0900. The lowest BCUT2D eigenvalue weighted by Gasteiger charge is -2.22. The molecule has 1 N–H and O–H groups in total. The molecule has 2 fully saturated rings. The molecule has 2 aliphatic rings. The zero-order chi connectivity index (χ0) is 10.5. The molecule has 1 unspecified atom stereocenters. The Morgan fingerprint density at radius 2 is 2.33 bits per heavy atom. The van der Waals surface area contributed by atoms with Crippen LogP contribution in [0.4, 0.5) is 0 Å². The van der Waals surface area contributed by atoms with Gasteiger partial charge in [0.15, 0.2) is 0 Å². The maximum atomic E-state index is 10.6. The minimum Gasteiger partial charge on any atom is -0.383 e. The molecule has 2 heterocycles. The molecular weight excluding hydrogens is 230 g/mol. The second-order valence-electron chi connectivity index (χ2n) is 4.58. The van der Waals surface area contributed by atoms with Crippen molar-refractivity contribution < 1.29 is 5.11 Å². The third-order valence-electron chi connectivity index (χ3n) is 3.38. The highest BCUT2D eigenvalue weighted by molar-refractivity contribution is 7.10. The van der Waals surface area contributed by atoms with Crippen molar-refractivity contribution in [2.45, 2.75) is 30.9 Å². The summed E-state index contributed by atoms with van der Waals surface area (Å²) in [5.74, 6) is 0. The van der Waals surface area contributed by atoms with Crippen molar-refractivity contribution in [3.63, 3.8) is 0 Å². The number of thiophene rings is 1. The van der Waals surface area contributed by atoms with Crippen LogP contribution in [0.3, 0.4) is 0 Å². The molecule has 0 aromatic carbocycles. The zero-order valence-corrected chi connectivity index (χ0v) is 10.0. The molecule has 1 aromatic rings. The number of aliphatic hydroxyl groups is 1. The fourth-order valence-corrected chi connectivity index (χ4v) is 3.74. The molecule has 0 amide bonds. The number of halogens is 1. The minimum absolute atomic E-state index is 0.687. The van der Waals surface area contributed by atoms with E-state index < -0.39 is 5.60 Å². The van der Waals surface area contributed by atoms with Crippen molar-refractivity contribution in [3.8, 4) is 0 Å². The third kappa shape index (κ3) is 1.72. The van der Waals surface area contributed by atoms with E-state index in [0.29, 0.717) is 0 Å². The summed E-state index contributed by atoms with van der Waals surface area (Å²) in [6.45, 7) is 1.77. The second kappa shape index (κ2) is 3.45. The monoisotopic (exact) mass is 243 g/mol. The number of β-amino-alcohol motifs (C(OH)–C–C–N with tert-alkyl or cyclic N) is 1. The van der Waals surface area contributed by atoms with Crippen molar-refractivity contribution in [2.24, 2.45) is 0 Å². The molecule has 0 bridgehead atoms. The molecule has 0 spiro atoms. The number of hydrogen-bond acceptors (Lipinski definition) is 3. The molecule has 1 aromatic heterocycles. The van der Waals surface area contributed by atoms with Crippen LogP contribution in [0.25, 0.3) is 0 Å². The van der Waals surface area contributed by atoms with Gasteiger partial charge in [0.2, 0.25) is 0 Å². The van der Waals surface area contributed by atoms with Gasteiger partial charge in [-0.2, -0.15) is 0 Å². The fourth-order valence-electron chi connectivity index (χ4n) is 2.39. The second-order valence-corrected chi connectivity index (χ2v) is 5.90. The average molecular weight is 244 g/mol. The first-order valence-corrected chi connectivity index (χ1v) is 6.65. The van der Waals surface area contributed by atoms with Gasteiger partial charge in [-0.15, -0.1) is 11.3 Å². The highest BCUT2D eigenvalue weighted by Crippen LogP contribution is 2.42. The van der Waals surface area contributed by atoms with Gasteiger partial charge in [0.05, 0.1) is 9.90 Å². The first-order valence-electron chi connectivity index (χ1n) is 5.39. The van der Waals surface area contributed by atoms with Gasteiger partial charge in [-0.25, -0.2) is 0 Å². The van der Waals surface area contributed by atoms with Crippen molar-refractivity contribution in [1.82, 2.24) is 4.90 Å². The quantitative estimate of drug-likeness (QED) is 0.863. The Kier molecular flexibility index (Phi) is 2.32. The van der Waals surface area contributed by atoms with Crippen LogP contribution < -0.4 is 0 Å². The lowest BCUT2D eigenvalue weighted by Crippen LogP contribution is -2.31. The normalized spacial score (nSPS) is 32.4. The van der Waals surface area contributed by atoms with E-state index in [-0.39, 0.29) is 0 Å². The number of hydrogen-bond donors (Lipinski definition) is 1. The van der Waals surface area contributed by atoms with Crippen LogP contribution in [0.2, 0.25) is 5.02 Å². The molecule has 1 aliphatic carbocycles. The number of rotatable bonds is 2. The molecule has 15 heavy (non-hydrogen) atoms. The maximum Gasteiger partial charge on any atom is 0.114 e. The third-order valence-corrected chi connectivity index (χ3v) is 4.92. The summed E-state index contributed by atoms with van der Waals surface area (Å²) in [5, 5.41) is 13.2. The van der Waals surface area contributed by atoms with E-state index >= 15 is 0 Å². The van der Waals surface area contributed by atoms with Crippen LogP contribution in [0.5, 0.6) is 0 Å². The van der Waals surface area contributed by atoms with E-state index in [9.17, 15) is 5.11 Å². The molecule has 1 saturated heterocycles. The van der Waals surface area contributed by atoms with Crippen LogP contribution in [-0.4, -0.2) is 29.1 Å². The summed E-state index contributed by atoms with van der Waals surface area (Å²) in [7, 11) is 0. The molecule has 0 radical (unpaired) electrons. The van der Waals surface area contributed by atoms with Crippen LogP contribution in [0.1, 0.15) is 24.1 Å². The zero-order valence-electron chi connectivity index (χ0n) is 8.45. The summed E-state index contributed by atoms with van der Waals surface area (Å²) >= 11 is 7.66. The molecule has 1 saturated carbocycles. The lowest BCUT2D eigenvalue weighted by molar-refractivity contribution is 0.0489. The summed E-state index contributed by atoms with van der Waals surface area (Å²) in [5.41, 5.74) is -0.687. The van der Waals surface area contributed by atoms with Gasteiger partial charge in [0.25, 0.3) is 0 Å². The summed E-state index contributed by atoms with van der Waals surface area (Å²) < 4.78 is 0. The largest absolute Gasteiger partial charge is 0.383 e. The van der Waals surface area contributed by atoms with Crippen LogP contribution in [0.15, 0.2) is 11.4 Å². The van der Waals surface area contributed by atoms with E-state index in [1.54, 1.807) is 11.3 Å². The molecule has 3 rings (SSSR count). The first kappa shape index (κ1) is 10.1. The molecule has 4 heteroatoms. The summed E-state index contributed by atoms with van der Waals surface area (Å²) in [6, 6.07) is 2.61. The molecule has 82 valence electrons. The Bertz CT molecular complexity index is 376. The molecular formula is C11H14ClNOS. The van der Waals surface area contributed by atoms with Gasteiger partial charge >= 0.3 is 0 Å². The van der Waals surface area contributed by atoms with Crippen molar-refractivity contribution in [3.05, 3.63) is 21.3 Å². The Labute approximate surface area is 98.5 Å². The average Bonchev–Trinajstić information content (AvgIpc) is 2.85. The van der Waals surface area contributed by atoms with Crippen LogP contribution in [-0.2, 0) is 5.60 Å². The Morgan fingerprint density at radius 3 is 2.93 bits per heavy atom. The first-order chi connectivity index (χ1) is 7.19. The van der Waals surface area contributed by atoms with Gasteiger partial charge in [0.1, 0.15) is 5.60 Å².